The quantitative estimate of drug-likeness (QED) is 0.441. The van der Waals surface area contributed by atoms with Crippen molar-refractivity contribution in [1.29, 1.82) is 5.26 Å². The summed E-state index contributed by atoms with van der Waals surface area (Å²) in [7, 11) is 0. The number of amides is 1. The third kappa shape index (κ3) is 4.69. The van der Waals surface area contributed by atoms with Crippen LogP contribution in [0.2, 0.25) is 0 Å². The Morgan fingerprint density at radius 1 is 1.17 bits per heavy atom. The Balaban J connectivity index is 1.53. The fraction of sp³-hybridized carbons (Fsp3) is 0.214. The number of benzene rings is 2. The molecule has 2 aromatic carbocycles. The van der Waals surface area contributed by atoms with Gasteiger partial charge in [0.2, 0.25) is 0 Å². The summed E-state index contributed by atoms with van der Waals surface area (Å²) in [6.45, 7) is 1.99. The van der Waals surface area contributed by atoms with Crippen LogP contribution in [-0.2, 0) is 6.54 Å². The number of aromatic nitrogens is 2. The molecule has 2 aromatic heterocycles. The Hall–Kier alpha value is -4.31. The van der Waals surface area contributed by atoms with Crippen molar-refractivity contribution in [3.63, 3.8) is 0 Å². The highest BCUT2D eigenvalue weighted by atomic mass is 19.1. The van der Waals surface area contributed by atoms with Gasteiger partial charge in [0.05, 0.1) is 24.2 Å². The van der Waals surface area contributed by atoms with Crippen molar-refractivity contribution in [2.75, 3.05) is 0 Å². The molecule has 4 aromatic rings. The van der Waals surface area contributed by atoms with Gasteiger partial charge in [0.25, 0.3) is 11.5 Å². The van der Waals surface area contributed by atoms with Crippen LogP contribution in [0.5, 0.6) is 0 Å². The van der Waals surface area contributed by atoms with Crippen molar-refractivity contribution in [2.45, 2.75) is 38.3 Å². The van der Waals surface area contributed by atoms with Gasteiger partial charge in [-0.05, 0) is 78.8 Å². The zero-order chi connectivity index (χ0) is 24.5. The lowest BCUT2D eigenvalue weighted by Crippen LogP contribution is -2.35. The second kappa shape index (κ2) is 9.15. The molecule has 0 unspecified atom stereocenters. The van der Waals surface area contributed by atoms with Crippen LogP contribution in [0.1, 0.15) is 64.3 Å². The number of rotatable bonds is 6. The van der Waals surface area contributed by atoms with E-state index >= 15 is 0 Å². The Labute approximate surface area is 201 Å². The van der Waals surface area contributed by atoms with E-state index in [1.54, 1.807) is 48.7 Å². The molecule has 0 spiro atoms. The topological polar surface area (TPSA) is 87.8 Å². The highest BCUT2D eigenvalue weighted by Crippen LogP contribution is 2.40. The van der Waals surface area contributed by atoms with E-state index in [4.69, 9.17) is 5.26 Å². The van der Waals surface area contributed by atoms with Crippen LogP contribution >= 0.6 is 0 Å². The molecule has 6 nitrogen and oxygen atoms in total. The molecule has 1 saturated carbocycles. The fourth-order valence-corrected chi connectivity index (χ4v) is 4.21. The SMILES string of the molecule is C[C@@H](NC(=O)c1cc2cc(C3CC3)cnc2n(Cc2ccc(F)cc2)c1=O)c1ccc(C#N)cc1. The van der Waals surface area contributed by atoms with Gasteiger partial charge in [-0.25, -0.2) is 9.37 Å². The van der Waals surface area contributed by atoms with E-state index in [-0.39, 0.29) is 24.0 Å². The highest BCUT2D eigenvalue weighted by Gasteiger charge is 2.25. The molecule has 5 rings (SSSR count). The Bertz CT molecular complexity index is 1510. The number of hydrogen-bond acceptors (Lipinski definition) is 4. The molecule has 1 aliphatic carbocycles. The number of nitriles is 1. The van der Waals surface area contributed by atoms with Gasteiger partial charge in [-0.15, -0.1) is 0 Å². The molecule has 0 bridgehead atoms. The van der Waals surface area contributed by atoms with E-state index in [0.29, 0.717) is 22.5 Å². The summed E-state index contributed by atoms with van der Waals surface area (Å²) in [6, 6.07) is 18.2. The maximum Gasteiger partial charge on any atom is 0.265 e. The molecule has 1 N–H and O–H groups in total. The van der Waals surface area contributed by atoms with Crippen molar-refractivity contribution in [3.8, 4) is 6.07 Å². The summed E-state index contributed by atoms with van der Waals surface area (Å²) < 4.78 is 14.9. The van der Waals surface area contributed by atoms with Crippen molar-refractivity contribution < 1.29 is 9.18 Å². The van der Waals surface area contributed by atoms with E-state index in [1.165, 1.54) is 16.7 Å². The first kappa shape index (κ1) is 22.5. The van der Waals surface area contributed by atoms with Crippen LogP contribution < -0.4 is 10.9 Å². The summed E-state index contributed by atoms with van der Waals surface area (Å²) in [5.74, 6) is -0.375. The number of pyridine rings is 2. The van der Waals surface area contributed by atoms with Gasteiger partial charge in [0.15, 0.2) is 0 Å². The molecular formula is C28H23FN4O2. The lowest BCUT2D eigenvalue weighted by atomic mass is 10.1. The number of fused-ring (bicyclic) bond motifs is 1. The summed E-state index contributed by atoms with van der Waals surface area (Å²) in [5, 5.41) is 12.6. The zero-order valence-corrected chi connectivity index (χ0v) is 19.2. The molecule has 0 aliphatic heterocycles. The van der Waals surface area contributed by atoms with Crippen molar-refractivity contribution >= 4 is 16.9 Å². The van der Waals surface area contributed by atoms with Crippen molar-refractivity contribution in [1.82, 2.24) is 14.9 Å². The number of hydrogen-bond donors (Lipinski definition) is 1. The minimum absolute atomic E-state index is 0.0230. The van der Waals surface area contributed by atoms with Crippen LogP contribution in [0, 0.1) is 17.1 Å². The third-order valence-electron chi connectivity index (χ3n) is 6.38. The van der Waals surface area contributed by atoms with E-state index in [2.05, 4.69) is 16.4 Å². The molecule has 1 atom stereocenters. The molecule has 1 amide bonds. The highest BCUT2D eigenvalue weighted by molar-refractivity contribution is 5.97. The lowest BCUT2D eigenvalue weighted by molar-refractivity contribution is 0.0938. The average Bonchev–Trinajstić information content (AvgIpc) is 3.72. The predicted octanol–water partition coefficient (Wildman–Crippen LogP) is 4.82. The second-order valence-electron chi connectivity index (χ2n) is 8.96. The molecule has 35 heavy (non-hydrogen) atoms. The number of nitrogens with zero attached hydrogens (tertiary/aromatic N) is 3. The minimum atomic E-state index is -0.488. The van der Waals surface area contributed by atoms with E-state index < -0.39 is 11.5 Å². The Kier molecular flexibility index (Phi) is 5.87. The summed E-state index contributed by atoms with van der Waals surface area (Å²) in [4.78, 5) is 31.3. The van der Waals surface area contributed by atoms with Gasteiger partial charge in [-0.3, -0.25) is 14.2 Å². The second-order valence-corrected chi connectivity index (χ2v) is 8.96. The molecule has 0 radical (unpaired) electrons. The maximum atomic E-state index is 13.5. The van der Waals surface area contributed by atoms with Gasteiger partial charge in [-0.1, -0.05) is 24.3 Å². The third-order valence-corrected chi connectivity index (χ3v) is 6.38. The molecule has 174 valence electrons. The first-order valence-corrected chi connectivity index (χ1v) is 11.5. The minimum Gasteiger partial charge on any atom is -0.345 e. The van der Waals surface area contributed by atoms with Crippen LogP contribution in [0.25, 0.3) is 11.0 Å². The van der Waals surface area contributed by atoms with Gasteiger partial charge in [-0.2, -0.15) is 5.26 Å². The number of nitrogens with one attached hydrogen (secondary N) is 1. The van der Waals surface area contributed by atoms with E-state index in [9.17, 15) is 14.0 Å². The first-order valence-electron chi connectivity index (χ1n) is 11.5. The monoisotopic (exact) mass is 466 g/mol. The molecule has 2 heterocycles. The smallest absolute Gasteiger partial charge is 0.265 e. The Morgan fingerprint density at radius 2 is 1.89 bits per heavy atom. The summed E-state index contributed by atoms with van der Waals surface area (Å²) in [5.41, 5.74) is 3.23. The maximum absolute atomic E-state index is 13.5. The van der Waals surface area contributed by atoms with Crippen LogP contribution in [-0.4, -0.2) is 15.5 Å². The molecule has 1 fully saturated rings. The molecular weight excluding hydrogens is 443 g/mol. The largest absolute Gasteiger partial charge is 0.345 e. The van der Waals surface area contributed by atoms with E-state index in [0.717, 1.165) is 29.5 Å². The van der Waals surface area contributed by atoms with Crippen LogP contribution in [0.15, 0.2) is 71.7 Å². The van der Waals surface area contributed by atoms with Gasteiger partial charge >= 0.3 is 0 Å². The number of halogens is 1. The van der Waals surface area contributed by atoms with E-state index in [1.807, 2.05) is 13.0 Å². The Morgan fingerprint density at radius 3 is 2.54 bits per heavy atom. The zero-order valence-electron chi connectivity index (χ0n) is 19.2. The van der Waals surface area contributed by atoms with Crippen LogP contribution in [0.4, 0.5) is 4.39 Å². The number of carbonyl (C=O) groups is 1. The van der Waals surface area contributed by atoms with Crippen LogP contribution in [0.3, 0.4) is 0 Å². The standard InChI is InChI=1S/C28H23FN4O2/c1-17(20-6-2-18(14-30)3-7-20)32-27(34)25-13-22-12-23(21-8-9-21)15-31-26(22)33(28(25)35)16-19-4-10-24(29)11-5-19/h2-7,10-13,15,17,21H,8-9,16H2,1H3,(H,32,34)/t17-/m1/s1. The first-order chi connectivity index (χ1) is 16.9. The van der Waals surface area contributed by atoms with Gasteiger partial charge < -0.3 is 5.32 Å². The van der Waals surface area contributed by atoms with Crippen molar-refractivity contribution in [3.05, 3.63) is 111 Å². The molecule has 7 heteroatoms. The predicted molar refractivity (Wildman–Crippen MR) is 131 cm³/mol. The summed E-state index contributed by atoms with van der Waals surface area (Å²) in [6.07, 6.45) is 4.02. The number of carbonyl (C=O) groups excluding carboxylic acids is 1. The molecule has 1 aliphatic rings. The molecule has 0 saturated heterocycles. The summed E-state index contributed by atoms with van der Waals surface area (Å²) >= 11 is 0. The fourth-order valence-electron chi connectivity index (χ4n) is 4.21. The average molecular weight is 467 g/mol. The van der Waals surface area contributed by atoms with Crippen molar-refractivity contribution in [2.24, 2.45) is 0 Å². The van der Waals surface area contributed by atoms with Gasteiger partial charge in [0, 0.05) is 11.6 Å². The normalized spacial score (nSPS) is 13.9. The van der Waals surface area contributed by atoms with Gasteiger partial charge in [0.1, 0.15) is 17.0 Å². The lowest BCUT2D eigenvalue weighted by Gasteiger charge is -2.16.